The van der Waals surface area contributed by atoms with Crippen LogP contribution in [0.15, 0.2) is 48.5 Å². The number of nitrogens with one attached hydrogen (secondary N) is 1. The summed E-state index contributed by atoms with van der Waals surface area (Å²) in [6.45, 7) is 2.99. The van der Waals surface area contributed by atoms with E-state index in [2.05, 4.69) is 18.3 Å². The highest BCUT2D eigenvalue weighted by atomic mass is 16.5. The third-order valence-electron chi connectivity index (χ3n) is 3.34. The van der Waals surface area contributed by atoms with Crippen molar-refractivity contribution in [3.8, 4) is 11.5 Å². The maximum atomic E-state index is 9.36. The smallest absolute Gasteiger partial charge is 0.123 e. The molecule has 0 amide bonds. The van der Waals surface area contributed by atoms with Crippen LogP contribution >= 0.6 is 0 Å². The molecule has 0 bridgehead atoms. The largest absolute Gasteiger partial charge is 0.508 e. The first-order chi connectivity index (χ1) is 9.74. The summed E-state index contributed by atoms with van der Waals surface area (Å²) in [5.41, 5.74) is 2.34. The molecular formula is C17H21NO2. The lowest BCUT2D eigenvalue weighted by molar-refractivity contribution is 0.399. The van der Waals surface area contributed by atoms with Gasteiger partial charge in [-0.05, 0) is 36.7 Å². The van der Waals surface area contributed by atoms with Crippen molar-refractivity contribution in [1.82, 2.24) is 5.32 Å². The van der Waals surface area contributed by atoms with Crippen LogP contribution in [0.1, 0.15) is 24.1 Å². The molecule has 0 aromatic heterocycles. The molecule has 0 saturated heterocycles. The summed E-state index contributed by atoms with van der Waals surface area (Å²) in [4.78, 5) is 0. The highest BCUT2D eigenvalue weighted by molar-refractivity contribution is 5.37. The van der Waals surface area contributed by atoms with E-state index in [1.165, 1.54) is 5.56 Å². The highest BCUT2D eigenvalue weighted by Gasteiger charge is 2.15. The van der Waals surface area contributed by atoms with Crippen LogP contribution in [0.5, 0.6) is 11.5 Å². The minimum absolute atomic E-state index is 0.195. The Morgan fingerprint density at radius 1 is 1.10 bits per heavy atom. The average molecular weight is 271 g/mol. The van der Waals surface area contributed by atoms with E-state index in [1.54, 1.807) is 19.2 Å². The maximum Gasteiger partial charge on any atom is 0.123 e. The minimum Gasteiger partial charge on any atom is -0.508 e. The van der Waals surface area contributed by atoms with Gasteiger partial charge in [-0.3, -0.25) is 0 Å². The van der Waals surface area contributed by atoms with E-state index in [4.69, 9.17) is 4.74 Å². The average Bonchev–Trinajstić information content (AvgIpc) is 2.49. The van der Waals surface area contributed by atoms with Crippen LogP contribution in [-0.4, -0.2) is 18.8 Å². The van der Waals surface area contributed by atoms with Crippen molar-refractivity contribution in [3.63, 3.8) is 0 Å². The lowest BCUT2D eigenvalue weighted by Crippen LogP contribution is -2.23. The molecular weight excluding hydrogens is 250 g/mol. The van der Waals surface area contributed by atoms with Gasteiger partial charge in [0, 0.05) is 11.6 Å². The van der Waals surface area contributed by atoms with E-state index < -0.39 is 0 Å². The Labute approximate surface area is 120 Å². The van der Waals surface area contributed by atoms with Crippen LogP contribution in [-0.2, 0) is 6.42 Å². The zero-order valence-electron chi connectivity index (χ0n) is 12.0. The van der Waals surface area contributed by atoms with Gasteiger partial charge in [-0.2, -0.15) is 0 Å². The second-order valence-electron chi connectivity index (χ2n) is 4.72. The van der Waals surface area contributed by atoms with Crippen LogP contribution in [0.2, 0.25) is 0 Å². The predicted molar refractivity (Wildman–Crippen MR) is 81.2 cm³/mol. The summed E-state index contributed by atoms with van der Waals surface area (Å²) in [6.07, 6.45) is 0.856. The molecule has 0 aliphatic rings. The number of hydrogen-bond acceptors (Lipinski definition) is 3. The number of para-hydroxylation sites is 1. The number of benzene rings is 2. The topological polar surface area (TPSA) is 41.5 Å². The van der Waals surface area contributed by atoms with Crippen molar-refractivity contribution < 1.29 is 9.84 Å². The van der Waals surface area contributed by atoms with E-state index in [0.717, 1.165) is 24.3 Å². The van der Waals surface area contributed by atoms with Crippen LogP contribution in [0, 0.1) is 0 Å². The Balaban J connectivity index is 2.24. The fourth-order valence-electron chi connectivity index (χ4n) is 2.36. The van der Waals surface area contributed by atoms with Gasteiger partial charge in [0.25, 0.3) is 0 Å². The second-order valence-corrected chi connectivity index (χ2v) is 4.72. The van der Waals surface area contributed by atoms with Crippen molar-refractivity contribution in [3.05, 3.63) is 59.7 Å². The van der Waals surface area contributed by atoms with E-state index in [9.17, 15) is 5.11 Å². The lowest BCUT2D eigenvalue weighted by Gasteiger charge is -2.21. The molecule has 20 heavy (non-hydrogen) atoms. The Kier molecular flexibility index (Phi) is 5.02. The zero-order valence-corrected chi connectivity index (χ0v) is 12.0. The van der Waals surface area contributed by atoms with Gasteiger partial charge in [0.05, 0.1) is 7.11 Å². The molecule has 106 valence electrons. The summed E-state index contributed by atoms with van der Waals surface area (Å²) in [5, 5.41) is 12.9. The van der Waals surface area contributed by atoms with Crippen molar-refractivity contribution in [2.24, 2.45) is 0 Å². The number of rotatable bonds is 6. The third kappa shape index (κ3) is 3.52. The van der Waals surface area contributed by atoms with Crippen molar-refractivity contribution in [2.75, 3.05) is 13.7 Å². The predicted octanol–water partition coefficient (Wildman–Crippen LogP) is 3.29. The maximum absolute atomic E-state index is 9.36. The van der Waals surface area contributed by atoms with Gasteiger partial charge in [-0.25, -0.2) is 0 Å². The highest BCUT2D eigenvalue weighted by Crippen LogP contribution is 2.27. The molecule has 0 aliphatic carbocycles. The fraction of sp³-hybridized carbons (Fsp3) is 0.294. The summed E-state index contributed by atoms with van der Waals surface area (Å²) < 4.78 is 5.45. The van der Waals surface area contributed by atoms with Gasteiger partial charge < -0.3 is 15.2 Å². The van der Waals surface area contributed by atoms with Crippen molar-refractivity contribution in [2.45, 2.75) is 19.4 Å². The number of phenols is 1. The lowest BCUT2D eigenvalue weighted by atomic mass is 9.98. The molecule has 1 atom stereocenters. The summed E-state index contributed by atoms with van der Waals surface area (Å²) >= 11 is 0. The van der Waals surface area contributed by atoms with E-state index in [1.807, 2.05) is 30.3 Å². The molecule has 0 saturated carbocycles. The molecule has 0 heterocycles. The number of ether oxygens (including phenoxy) is 1. The van der Waals surface area contributed by atoms with Gasteiger partial charge in [0.2, 0.25) is 0 Å². The molecule has 2 aromatic rings. The van der Waals surface area contributed by atoms with Crippen LogP contribution in [0.4, 0.5) is 0 Å². The monoisotopic (exact) mass is 271 g/mol. The molecule has 0 radical (unpaired) electrons. The number of likely N-dealkylation sites (N-methyl/N-ethyl adjacent to an activating group) is 1. The SMILES string of the molecule is CCNC(Cc1ccc(O)cc1)c1ccccc1OC. The van der Waals surface area contributed by atoms with Crippen LogP contribution in [0.25, 0.3) is 0 Å². The quantitative estimate of drug-likeness (QED) is 0.847. The fourth-order valence-corrected chi connectivity index (χ4v) is 2.36. The summed E-state index contributed by atoms with van der Waals surface area (Å²) in [5.74, 6) is 1.20. The molecule has 2 aromatic carbocycles. The molecule has 2 rings (SSSR count). The van der Waals surface area contributed by atoms with Gasteiger partial charge in [0.1, 0.15) is 11.5 Å². The first-order valence-corrected chi connectivity index (χ1v) is 6.88. The van der Waals surface area contributed by atoms with Gasteiger partial charge in [0.15, 0.2) is 0 Å². The van der Waals surface area contributed by atoms with Crippen LogP contribution < -0.4 is 10.1 Å². The minimum atomic E-state index is 0.195. The molecule has 0 aliphatic heterocycles. The second kappa shape index (κ2) is 6.96. The Hall–Kier alpha value is -2.00. The Morgan fingerprint density at radius 2 is 1.80 bits per heavy atom. The number of hydrogen-bond donors (Lipinski definition) is 2. The van der Waals surface area contributed by atoms with Gasteiger partial charge in [-0.1, -0.05) is 37.3 Å². The van der Waals surface area contributed by atoms with E-state index >= 15 is 0 Å². The van der Waals surface area contributed by atoms with E-state index in [0.29, 0.717) is 5.75 Å². The standard InChI is InChI=1S/C17H21NO2/c1-3-18-16(12-13-8-10-14(19)11-9-13)15-6-4-5-7-17(15)20-2/h4-11,16,18-19H,3,12H2,1-2H3. The van der Waals surface area contributed by atoms with Crippen LogP contribution in [0.3, 0.4) is 0 Å². The molecule has 1 unspecified atom stereocenters. The molecule has 3 heteroatoms. The molecule has 2 N–H and O–H groups in total. The zero-order chi connectivity index (χ0) is 14.4. The third-order valence-corrected chi connectivity index (χ3v) is 3.34. The number of aromatic hydroxyl groups is 1. The Bertz CT molecular complexity index is 537. The van der Waals surface area contributed by atoms with Crippen molar-refractivity contribution >= 4 is 0 Å². The van der Waals surface area contributed by atoms with Gasteiger partial charge in [-0.15, -0.1) is 0 Å². The van der Waals surface area contributed by atoms with Gasteiger partial charge >= 0.3 is 0 Å². The number of phenolic OH excluding ortho intramolecular Hbond substituents is 1. The molecule has 3 nitrogen and oxygen atoms in total. The molecule has 0 spiro atoms. The van der Waals surface area contributed by atoms with Crippen molar-refractivity contribution in [1.29, 1.82) is 0 Å². The molecule has 0 fully saturated rings. The normalized spacial score (nSPS) is 12.1. The first kappa shape index (κ1) is 14.4. The first-order valence-electron chi connectivity index (χ1n) is 6.88. The summed E-state index contributed by atoms with van der Waals surface area (Å²) in [7, 11) is 1.70. The van der Waals surface area contributed by atoms with E-state index in [-0.39, 0.29) is 6.04 Å². The Morgan fingerprint density at radius 3 is 2.45 bits per heavy atom. The summed E-state index contributed by atoms with van der Waals surface area (Å²) in [6, 6.07) is 15.6. The number of methoxy groups -OCH3 is 1.